The number of aromatic nitrogens is 2. The van der Waals surface area contributed by atoms with Crippen molar-refractivity contribution in [2.45, 2.75) is 41.0 Å². The molecule has 3 aromatic heterocycles. The van der Waals surface area contributed by atoms with Gasteiger partial charge in [0.05, 0.1) is 33.9 Å². The smallest absolute Gasteiger partial charge is 0.224 e. The Kier molecular flexibility index (Phi) is 4.30. The average Bonchev–Trinajstić information content (AvgIpc) is 3.19. The second-order valence-electron chi connectivity index (χ2n) is 12.0. The maximum absolute atomic E-state index is 7.65. The zero-order valence-corrected chi connectivity index (χ0v) is 22.3. The fraction of sp³-hybridized carbons (Fsp3) is 0.235. The second kappa shape index (κ2) is 7.20. The quantitative estimate of drug-likeness (QED) is 0.0964. The van der Waals surface area contributed by atoms with Crippen LogP contribution in [0.15, 0.2) is 60.8 Å². The van der Waals surface area contributed by atoms with E-state index >= 15 is 0 Å². The third kappa shape index (κ3) is 2.90. The maximum atomic E-state index is 7.65. The number of hydrogen-bond donors (Lipinski definition) is 0. The van der Waals surface area contributed by atoms with Crippen LogP contribution < -0.4 is 4.57 Å². The van der Waals surface area contributed by atoms with Gasteiger partial charge < -0.3 is 4.40 Å². The van der Waals surface area contributed by atoms with Gasteiger partial charge in [0.15, 0.2) is 11.9 Å². The summed E-state index contributed by atoms with van der Waals surface area (Å²) >= 11 is 0. The Balaban J connectivity index is 1.92. The number of rotatable bonds is 1. The van der Waals surface area contributed by atoms with Crippen LogP contribution >= 0.6 is 0 Å². The molecule has 3 nitrogen and oxygen atoms in total. The minimum atomic E-state index is 0.116. The van der Waals surface area contributed by atoms with Crippen molar-refractivity contribution in [3.05, 3.63) is 88.9 Å². The molecule has 0 saturated heterocycles. The highest BCUT2D eigenvalue weighted by atomic mass is 15.0. The predicted molar refractivity (Wildman–Crippen MR) is 156 cm³/mol. The van der Waals surface area contributed by atoms with Crippen LogP contribution in [0, 0.1) is 25.8 Å². The lowest BCUT2D eigenvalue weighted by Crippen LogP contribution is -2.29. The normalized spacial score (nSPS) is 12.7. The number of fused-ring (bicyclic) bond motifs is 7. The fourth-order valence-corrected chi connectivity index (χ4v) is 6.61. The number of pyridine rings is 2. The third-order valence-electron chi connectivity index (χ3n) is 8.11. The van der Waals surface area contributed by atoms with Crippen LogP contribution in [0.1, 0.15) is 37.5 Å². The lowest BCUT2D eigenvalue weighted by Gasteiger charge is -2.24. The molecule has 0 aliphatic carbocycles. The van der Waals surface area contributed by atoms with Crippen LogP contribution in [0.2, 0.25) is 0 Å². The molecule has 0 spiro atoms. The van der Waals surface area contributed by atoms with E-state index in [9.17, 15) is 0 Å². The van der Waals surface area contributed by atoms with Gasteiger partial charge in [0.2, 0.25) is 5.52 Å². The Bertz CT molecular complexity index is 2130. The van der Waals surface area contributed by atoms with Gasteiger partial charge in [-0.05, 0) is 70.5 Å². The van der Waals surface area contributed by atoms with Gasteiger partial charge in [0, 0.05) is 11.5 Å². The van der Waals surface area contributed by atoms with Crippen molar-refractivity contribution < 1.29 is 4.57 Å². The summed E-state index contributed by atoms with van der Waals surface area (Å²) in [6.07, 6.45) is 3.17. The van der Waals surface area contributed by atoms with Crippen LogP contribution in [-0.2, 0) is 13.5 Å². The summed E-state index contributed by atoms with van der Waals surface area (Å²) in [5.41, 5.74) is 9.85. The van der Waals surface area contributed by atoms with Crippen LogP contribution in [0.25, 0.3) is 64.6 Å². The summed E-state index contributed by atoms with van der Waals surface area (Å²) in [6, 6.07) is 19.9. The molecule has 7 aromatic rings. The molecule has 0 aliphatic rings. The molecular formula is C34H30N3+. The zero-order chi connectivity index (χ0) is 25.8. The first-order valence-corrected chi connectivity index (χ1v) is 13.0. The van der Waals surface area contributed by atoms with Crippen molar-refractivity contribution in [2.24, 2.45) is 12.5 Å². The van der Waals surface area contributed by atoms with Crippen molar-refractivity contribution in [1.82, 2.24) is 4.40 Å². The van der Waals surface area contributed by atoms with Gasteiger partial charge in [-0.3, -0.25) is 0 Å². The van der Waals surface area contributed by atoms with Crippen molar-refractivity contribution in [1.29, 1.82) is 0 Å². The summed E-state index contributed by atoms with van der Waals surface area (Å²) in [5.74, 6) is 0. The topological polar surface area (TPSA) is 12.7 Å². The van der Waals surface area contributed by atoms with Gasteiger partial charge in [-0.1, -0.05) is 62.7 Å². The SMILES string of the molecule is [C-]#[N+]c1ccc2c(c1)c1ccc3cc[n+](C)c4c5c(C)c6cc(C)ccc6c(CC(C)(C)C)c5n2c1c34. The molecule has 7 rings (SSSR count). The lowest BCUT2D eigenvalue weighted by molar-refractivity contribution is -0.643. The van der Waals surface area contributed by atoms with Crippen LogP contribution in [0.5, 0.6) is 0 Å². The van der Waals surface area contributed by atoms with Gasteiger partial charge in [-0.25, -0.2) is 9.41 Å². The molecule has 0 unspecified atom stereocenters. The Morgan fingerprint density at radius 2 is 1.62 bits per heavy atom. The standard InChI is InChI=1S/C34H30N3/c1-19-8-11-23-25(16-19)20(2)29-32(27(23)18-34(3,4)5)37-28-13-10-22(35-6)17-26(28)24-12-9-21-14-15-36(7)33(29)30(21)31(24)37/h8-17H,18H2,1-5,7H3/q+1. The maximum Gasteiger partial charge on any atom is 0.224 e. The van der Waals surface area contributed by atoms with Crippen molar-refractivity contribution in [2.75, 3.05) is 0 Å². The summed E-state index contributed by atoms with van der Waals surface area (Å²) in [4.78, 5) is 3.76. The molecular weight excluding hydrogens is 450 g/mol. The highest BCUT2D eigenvalue weighted by Crippen LogP contribution is 2.45. The van der Waals surface area contributed by atoms with E-state index in [0.29, 0.717) is 5.69 Å². The van der Waals surface area contributed by atoms with E-state index in [1.165, 1.54) is 71.1 Å². The first-order valence-electron chi connectivity index (χ1n) is 13.0. The van der Waals surface area contributed by atoms with Gasteiger partial charge in [0.25, 0.3) is 0 Å². The second-order valence-corrected chi connectivity index (χ2v) is 12.0. The van der Waals surface area contributed by atoms with E-state index in [-0.39, 0.29) is 5.41 Å². The van der Waals surface area contributed by atoms with E-state index in [0.717, 1.165) is 11.8 Å². The minimum absolute atomic E-state index is 0.116. The molecule has 0 aliphatic heterocycles. The first-order chi connectivity index (χ1) is 17.7. The molecule has 4 aromatic carbocycles. The summed E-state index contributed by atoms with van der Waals surface area (Å²) < 4.78 is 4.83. The van der Waals surface area contributed by atoms with Crippen molar-refractivity contribution in [3.63, 3.8) is 0 Å². The van der Waals surface area contributed by atoms with Gasteiger partial charge in [0.1, 0.15) is 7.05 Å². The molecule has 0 N–H and O–H groups in total. The number of aryl methyl sites for hydroxylation is 3. The summed E-state index contributed by atoms with van der Waals surface area (Å²) in [7, 11) is 2.18. The van der Waals surface area contributed by atoms with E-state index < -0.39 is 0 Å². The Hall–Kier alpha value is -4.16. The van der Waals surface area contributed by atoms with Crippen LogP contribution in [0.4, 0.5) is 5.69 Å². The third-order valence-corrected chi connectivity index (χ3v) is 8.11. The summed E-state index contributed by atoms with van der Waals surface area (Å²) in [6.45, 7) is 19.1. The van der Waals surface area contributed by atoms with Gasteiger partial charge >= 0.3 is 0 Å². The molecule has 0 radical (unpaired) electrons. The fourth-order valence-electron chi connectivity index (χ4n) is 6.61. The molecule has 0 atom stereocenters. The van der Waals surface area contributed by atoms with E-state index in [2.05, 4.69) is 110 Å². The van der Waals surface area contributed by atoms with E-state index in [1.54, 1.807) is 0 Å². The van der Waals surface area contributed by atoms with E-state index in [1.807, 2.05) is 6.07 Å². The molecule has 0 saturated carbocycles. The highest BCUT2D eigenvalue weighted by molar-refractivity contribution is 6.29. The van der Waals surface area contributed by atoms with E-state index in [4.69, 9.17) is 6.57 Å². The Morgan fingerprint density at radius 1 is 0.838 bits per heavy atom. The molecule has 37 heavy (non-hydrogen) atoms. The highest BCUT2D eigenvalue weighted by Gasteiger charge is 2.28. The van der Waals surface area contributed by atoms with Crippen LogP contribution in [0.3, 0.4) is 0 Å². The molecule has 0 bridgehead atoms. The molecule has 180 valence electrons. The average molecular weight is 481 g/mol. The number of nitrogens with zero attached hydrogens (tertiary/aromatic N) is 3. The monoisotopic (exact) mass is 480 g/mol. The predicted octanol–water partition coefficient (Wildman–Crippen LogP) is 8.72. The van der Waals surface area contributed by atoms with Crippen molar-refractivity contribution in [3.8, 4) is 0 Å². The van der Waals surface area contributed by atoms with Crippen molar-refractivity contribution >= 4 is 65.5 Å². The lowest BCUT2D eigenvalue weighted by atomic mass is 9.83. The molecule has 3 heteroatoms. The minimum Gasteiger partial charge on any atom is -0.307 e. The zero-order valence-electron chi connectivity index (χ0n) is 22.3. The molecule has 0 amide bonds. The largest absolute Gasteiger partial charge is 0.307 e. The van der Waals surface area contributed by atoms with Gasteiger partial charge in [-0.2, -0.15) is 0 Å². The Morgan fingerprint density at radius 3 is 2.38 bits per heavy atom. The first kappa shape index (κ1) is 22.1. The number of benzene rings is 4. The number of hydrogen-bond acceptors (Lipinski definition) is 0. The summed E-state index contributed by atoms with van der Waals surface area (Å²) in [5, 5.41) is 8.94. The molecule has 0 fully saturated rings. The van der Waals surface area contributed by atoms with Gasteiger partial charge in [-0.15, -0.1) is 0 Å². The Labute approximate surface area is 216 Å². The molecule has 3 heterocycles. The van der Waals surface area contributed by atoms with Crippen LogP contribution in [-0.4, -0.2) is 4.40 Å².